The molecule has 0 saturated heterocycles. The van der Waals surface area contributed by atoms with Gasteiger partial charge in [0.15, 0.2) is 0 Å². The first-order valence-corrected chi connectivity index (χ1v) is 9.48. The molecule has 1 aliphatic carbocycles. The van der Waals surface area contributed by atoms with Crippen molar-refractivity contribution in [3.8, 4) is 22.9 Å². The van der Waals surface area contributed by atoms with Crippen LogP contribution in [0.2, 0.25) is 0 Å². The first-order valence-electron chi connectivity index (χ1n) is 9.48. The number of pyridine rings is 1. The van der Waals surface area contributed by atoms with Crippen LogP contribution in [0.1, 0.15) is 29.4 Å². The van der Waals surface area contributed by atoms with Gasteiger partial charge in [0.25, 0.3) is 5.56 Å². The third-order valence-corrected chi connectivity index (χ3v) is 5.12. The minimum atomic E-state index is -0.128. The molecular weight excluding hydrogens is 370 g/mol. The molecule has 0 aliphatic heterocycles. The molecule has 3 aromatic heterocycles. The molecule has 8 heteroatoms. The first-order chi connectivity index (χ1) is 14.0. The van der Waals surface area contributed by atoms with Crippen molar-refractivity contribution >= 4 is 0 Å². The average molecular weight is 393 g/mol. The largest absolute Gasteiger partial charge is 0.495 e. The molecule has 1 aliphatic rings. The van der Waals surface area contributed by atoms with Crippen LogP contribution >= 0.6 is 0 Å². The van der Waals surface area contributed by atoms with E-state index in [-0.39, 0.29) is 5.56 Å². The molecule has 29 heavy (non-hydrogen) atoms. The summed E-state index contributed by atoms with van der Waals surface area (Å²) in [5.41, 5.74) is 2.82. The zero-order valence-electron chi connectivity index (χ0n) is 16.9. The normalized spacial score (nSPS) is 17.8. The summed E-state index contributed by atoms with van der Waals surface area (Å²) in [6.07, 6.45) is 4.46. The van der Waals surface area contributed by atoms with Crippen LogP contribution in [0.15, 0.2) is 35.4 Å². The van der Waals surface area contributed by atoms with E-state index in [1.165, 1.54) is 4.68 Å². The lowest BCUT2D eigenvalue weighted by Gasteiger charge is -2.11. The Hall–Kier alpha value is -3.29. The van der Waals surface area contributed by atoms with Gasteiger partial charge in [0, 0.05) is 36.3 Å². The van der Waals surface area contributed by atoms with Crippen molar-refractivity contribution in [1.82, 2.24) is 24.7 Å². The third kappa shape index (κ3) is 3.96. The number of methoxy groups -OCH3 is 1. The number of ether oxygens (including phenoxy) is 2. The number of hydrogen-bond acceptors (Lipinski definition) is 7. The highest BCUT2D eigenvalue weighted by Gasteiger charge is 2.40. The van der Waals surface area contributed by atoms with Crippen molar-refractivity contribution < 1.29 is 9.47 Å². The summed E-state index contributed by atoms with van der Waals surface area (Å²) < 4.78 is 12.6. The Morgan fingerprint density at radius 1 is 1.21 bits per heavy atom. The fourth-order valence-electron chi connectivity index (χ4n) is 3.34. The van der Waals surface area contributed by atoms with E-state index < -0.39 is 0 Å². The standard InChI is InChI=1S/C21H23N5O3/c1-12-7-19(25-26(3)21(12)27)17-10-22-13(2)24-20(17)29-11-14-8-16(14)18-6-5-15(28-4)9-23-18/h5-7,9-10,14,16H,8,11H2,1-4H3/t14?,16-/m1/s1. The van der Waals surface area contributed by atoms with Crippen molar-refractivity contribution in [2.75, 3.05) is 13.7 Å². The Labute approximate surface area is 168 Å². The van der Waals surface area contributed by atoms with Crippen LogP contribution in [0.4, 0.5) is 0 Å². The minimum absolute atomic E-state index is 0.128. The number of aromatic nitrogens is 5. The van der Waals surface area contributed by atoms with E-state index in [0.29, 0.717) is 47.0 Å². The lowest BCUT2D eigenvalue weighted by molar-refractivity contribution is 0.285. The summed E-state index contributed by atoms with van der Waals surface area (Å²) >= 11 is 0. The molecule has 8 nitrogen and oxygen atoms in total. The van der Waals surface area contributed by atoms with Crippen LogP contribution in [0, 0.1) is 19.8 Å². The van der Waals surface area contributed by atoms with Crippen LogP contribution in [0.5, 0.6) is 11.6 Å². The van der Waals surface area contributed by atoms with Crippen molar-refractivity contribution in [3.63, 3.8) is 0 Å². The van der Waals surface area contributed by atoms with E-state index in [9.17, 15) is 4.79 Å². The van der Waals surface area contributed by atoms with Gasteiger partial charge >= 0.3 is 0 Å². The van der Waals surface area contributed by atoms with E-state index in [0.717, 1.165) is 17.9 Å². The summed E-state index contributed by atoms with van der Waals surface area (Å²) in [5.74, 6) is 2.62. The van der Waals surface area contributed by atoms with E-state index in [1.807, 2.05) is 19.1 Å². The molecule has 3 heterocycles. The lowest BCUT2D eigenvalue weighted by Crippen LogP contribution is -2.22. The number of rotatable bonds is 6. The van der Waals surface area contributed by atoms with Gasteiger partial charge in [0.2, 0.25) is 5.88 Å². The highest BCUT2D eigenvalue weighted by atomic mass is 16.5. The van der Waals surface area contributed by atoms with Crippen molar-refractivity contribution in [2.45, 2.75) is 26.2 Å². The predicted molar refractivity (Wildman–Crippen MR) is 107 cm³/mol. The Morgan fingerprint density at radius 3 is 2.72 bits per heavy atom. The van der Waals surface area contributed by atoms with Crippen LogP contribution in [0.3, 0.4) is 0 Å². The van der Waals surface area contributed by atoms with Crippen LogP contribution in [-0.2, 0) is 7.05 Å². The predicted octanol–water partition coefficient (Wildman–Crippen LogP) is 2.44. The molecule has 1 saturated carbocycles. The average Bonchev–Trinajstić information content (AvgIpc) is 3.50. The second-order valence-corrected chi connectivity index (χ2v) is 7.31. The van der Waals surface area contributed by atoms with Gasteiger partial charge in [0.1, 0.15) is 11.6 Å². The second kappa shape index (κ2) is 7.62. The maximum atomic E-state index is 11.9. The maximum Gasteiger partial charge on any atom is 0.269 e. The Kier molecular flexibility index (Phi) is 5.00. The van der Waals surface area contributed by atoms with Crippen molar-refractivity contribution in [1.29, 1.82) is 0 Å². The van der Waals surface area contributed by atoms with Crippen molar-refractivity contribution in [3.05, 3.63) is 58.0 Å². The van der Waals surface area contributed by atoms with Crippen LogP contribution < -0.4 is 15.0 Å². The van der Waals surface area contributed by atoms with Crippen LogP contribution in [-0.4, -0.2) is 38.4 Å². The molecule has 3 aromatic rings. The van der Waals surface area contributed by atoms with Gasteiger partial charge < -0.3 is 9.47 Å². The van der Waals surface area contributed by atoms with Gasteiger partial charge in [-0.1, -0.05) is 0 Å². The van der Waals surface area contributed by atoms with E-state index in [1.54, 1.807) is 39.5 Å². The fraction of sp³-hybridized carbons (Fsp3) is 0.381. The molecular formula is C21H23N5O3. The van der Waals surface area contributed by atoms with Crippen molar-refractivity contribution in [2.24, 2.45) is 13.0 Å². The van der Waals surface area contributed by atoms with Gasteiger partial charge in [-0.15, -0.1) is 0 Å². The van der Waals surface area contributed by atoms with E-state index >= 15 is 0 Å². The summed E-state index contributed by atoms with van der Waals surface area (Å²) in [6, 6.07) is 5.67. The summed E-state index contributed by atoms with van der Waals surface area (Å²) in [5, 5.41) is 4.34. The lowest BCUT2D eigenvalue weighted by atomic mass is 10.2. The molecule has 150 valence electrons. The molecule has 0 bridgehead atoms. The summed E-state index contributed by atoms with van der Waals surface area (Å²) in [7, 11) is 3.26. The Balaban J connectivity index is 1.51. The molecule has 2 atom stereocenters. The number of hydrogen-bond donors (Lipinski definition) is 0. The topological polar surface area (TPSA) is 92.0 Å². The molecule has 1 unspecified atom stereocenters. The molecule has 0 radical (unpaired) electrons. The Bertz CT molecular complexity index is 1070. The number of aryl methyl sites for hydroxylation is 3. The molecule has 1 fully saturated rings. The second-order valence-electron chi connectivity index (χ2n) is 7.31. The molecule has 0 spiro atoms. The van der Waals surface area contributed by atoms with Crippen LogP contribution in [0.25, 0.3) is 11.3 Å². The summed E-state index contributed by atoms with van der Waals surface area (Å²) in [6.45, 7) is 4.11. The Morgan fingerprint density at radius 2 is 2.03 bits per heavy atom. The van der Waals surface area contributed by atoms with E-state index in [4.69, 9.17) is 9.47 Å². The molecule has 0 aromatic carbocycles. The maximum absolute atomic E-state index is 11.9. The first kappa shape index (κ1) is 19.0. The molecule has 4 rings (SSSR count). The van der Waals surface area contributed by atoms with E-state index in [2.05, 4.69) is 20.1 Å². The zero-order chi connectivity index (χ0) is 20.5. The van der Waals surface area contributed by atoms with Gasteiger partial charge in [0.05, 0.1) is 31.2 Å². The fourth-order valence-corrected chi connectivity index (χ4v) is 3.34. The molecule has 0 N–H and O–H groups in total. The van der Waals surface area contributed by atoms with Gasteiger partial charge in [-0.05, 0) is 38.5 Å². The zero-order valence-corrected chi connectivity index (χ0v) is 16.9. The van der Waals surface area contributed by atoms with Gasteiger partial charge in [-0.3, -0.25) is 9.78 Å². The quantitative estimate of drug-likeness (QED) is 0.635. The highest BCUT2D eigenvalue weighted by Crippen LogP contribution is 2.47. The SMILES string of the molecule is COc1ccc([C@@H]2CC2COc2nc(C)ncc2-c2cc(C)c(=O)n(C)n2)nc1. The monoisotopic (exact) mass is 393 g/mol. The number of nitrogens with zero attached hydrogens (tertiary/aromatic N) is 5. The molecule has 0 amide bonds. The van der Waals surface area contributed by atoms with Gasteiger partial charge in [-0.25, -0.2) is 9.67 Å². The smallest absolute Gasteiger partial charge is 0.269 e. The third-order valence-electron chi connectivity index (χ3n) is 5.12. The summed E-state index contributed by atoms with van der Waals surface area (Å²) in [4.78, 5) is 25.2. The minimum Gasteiger partial charge on any atom is -0.495 e. The highest BCUT2D eigenvalue weighted by molar-refractivity contribution is 5.63. The van der Waals surface area contributed by atoms with Gasteiger partial charge in [-0.2, -0.15) is 10.1 Å².